The second-order valence-electron chi connectivity index (χ2n) is 6.46. The number of carbonyl (C=O) groups excluding carboxylic acids is 1. The quantitative estimate of drug-likeness (QED) is 0.349. The Bertz CT molecular complexity index is 821. The van der Waals surface area contributed by atoms with Crippen LogP contribution in [0.25, 0.3) is 0 Å². The molecule has 0 saturated heterocycles. The number of hydrogen-bond donors (Lipinski definition) is 0. The van der Waals surface area contributed by atoms with Crippen molar-refractivity contribution in [2.45, 2.75) is 13.3 Å². The van der Waals surface area contributed by atoms with Crippen molar-refractivity contribution >= 4 is 48.0 Å². The zero-order chi connectivity index (χ0) is 18.6. The van der Waals surface area contributed by atoms with Crippen LogP contribution in [0.3, 0.4) is 0 Å². The molecule has 0 spiro atoms. The molecule has 0 fully saturated rings. The van der Waals surface area contributed by atoms with Gasteiger partial charge in [0.05, 0.1) is 0 Å². The monoisotopic (exact) mass is 472 g/mol. The van der Waals surface area contributed by atoms with Crippen molar-refractivity contribution in [2.24, 2.45) is 0 Å². The number of ketones is 1. The minimum absolute atomic E-state index is 0.142. The van der Waals surface area contributed by atoms with Crippen LogP contribution in [0.2, 0.25) is 0 Å². The summed E-state index contributed by atoms with van der Waals surface area (Å²) in [6, 6.07) is 31.6. The summed E-state index contributed by atoms with van der Waals surface area (Å²) in [7, 11) is 0. The number of carbonyl (C=O) groups is 1. The first-order valence-electron chi connectivity index (χ1n) is 8.56. The summed E-state index contributed by atoms with van der Waals surface area (Å²) in [4.78, 5) is 12.1. The second-order valence-corrected chi connectivity index (χ2v) is 16.4. The Balaban J connectivity index is 2.47. The summed E-state index contributed by atoms with van der Waals surface area (Å²) in [5.41, 5.74) is 0. The van der Waals surface area contributed by atoms with Crippen LogP contribution in [0.4, 0.5) is 0 Å². The molecule has 0 radical (unpaired) electrons. The van der Waals surface area contributed by atoms with Crippen molar-refractivity contribution in [1.29, 1.82) is 0 Å². The molecule has 0 bridgehead atoms. The number of benzene rings is 3. The molecule has 0 N–H and O–H groups in total. The molecule has 0 heterocycles. The number of Topliss-reactive ketones (excluding diaryl/α,β-unsaturated/α-hetero) is 1. The van der Waals surface area contributed by atoms with E-state index in [9.17, 15) is 4.79 Å². The molecular weight excluding hydrogens is 450 g/mol. The molecule has 3 rings (SSSR count). The molecule has 3 aromatic rings. The van der Waals surface area contributed by atoms with Crippen molar-refractivity contribution in [1.82, 2.24) is 0 Å². The molecule has 0 aliphatic heterocycles. The summed E-state index contributed by atoms with van der Waals surface area (Å²) in [6.45, 7) is 6.14. The fourth-order valence-corrected chi connectivity index (χ4v) is 11.7. The third-order valence-corrected chi connectivity index (χ3v) is 17.0. The van der Waals surface area contributed by atoms with E-state index in [1.807, 2.05) is 18.2 Å². The van der Waals surface area contributed by atoms with Gasteiger partial charge in [-0.15, -0.1) is 0 Å². The first kappa shape index (κ1) is 19.0. The number of allylic oxidation sites excluding steroid dienone is 1. The van der Waals surface area contributed by atoms with Crippen molar-refractivity contribution in [3.05, 3.63) is 103 Å². The van der Waals surface area contributed by atoms with E-state index in [4.69, 9.17) is 0 Å². The van der Waals surface area contributed by atoms with E-state index >= 15 is 0 Å². The average Bonchev–Trinajstić information content (AvgIpc) is 2.69. The molecule has 0 saturated carbocycles. The molecule has 1 nitrogen and oxygen atoms in total. The summed E-state index contributed by atoms with van der Waals surface area (Å²) in [5, 5.41) is 4.67. The molecule has 132 valence electrons. The zero-order valence-electron chi connectivity index (χ0n) is 14.8. The molecule has 0 amide bonds. The van der Waals surface area contributed by atoms with E-state index in [2.05, 4.69) is 101 Å². The van der Waals surface area contributed by atoms with Crippen LogP contribution in [0.1, 0.15) is 13.3 Å². The SMILES string of the molecule is C=C(CC(C)=O)P(I)(c1ccccc1)(c1ccccc1)c1ccccc1. The van der Waals surface area contributed by atoms with Gasteiger partial charge in [-0.05, 0) is 0 Å². The Hall–Kier alpha value is -1.77. The van der Waals surface area contributed by atoms with Gasteiger partial charge in [0.25, 0.3) is 0 Å². The standard InChI is InChI=1S/C23H22IOP/c1-19(25)18-20(2)26(24,21-12-6-3-7-13-21,22-14-8-4-9-15-22)23-16-10-5-11-17-23/h3-17H,2,18H2,1H3. The maximum absolute atomic E-state index is 12.1. The van der Waals surface area contributed by atoms with Crippen LogP contribution < -0.4 is 15.9 Å². The van der Waals surface area contributed by atoms with Gasteiger partial charge in [-0.3, -0.25) is 0 Å². The predicted molar refractivity (Wildman–Crippen MR) is 124 cm³/mol. The van der Waals surface area contributed by atoms with E-state index < -0.39 is 4.25 Å². The predicted octanol–water partition coefficient (Wildman–Crippen LogP) is 5.36. The summed E-state index contributed by atoms with van der Waals surface area (Å²) in [5.74, 6) is 0.142. The van der Waals surface area contributed by atoms with Crippen LogP contribution in [-0.4, -0.2) is 5.78 Å². The molecule has 0 aromatic heterocycles. The Morgan fingerprint density at radius 1 is 0.769 bits per heavy atom. The van der Waals surface area contributed by atoms with E-state index in [1.165, 1.54) is 15.9 Å². The van der Waals surface area contributed by atoms with Gasteiger partial charge in [0.15, 0.2) is 0 Å². The summed E-state index contributed by atoms with van der Waals surface area (Å²) in [6.07, 6.45) is 0.374. The van der Waals surface area contributed by atoms with Crippen LogP contribution in [0.15, 0.2) is 103 Å². The van der Waals surface area contributed by atoms with Gasteiger partial charge in [-0.1, -0.05) is 0 Å². The minimum atomic E-state index is -3.05. The third-order valence-electron chi connectivity index (χ3n) is 4.77. The topological polar surface area (TPSA) is 17.1 Å². The third kappa shape index (κ3) is 2.95. The van der Waals surface area contributed by atoms with E-state index in [-0.39, 0.29) is 5.78 Å². The van der Waals surface area contributed by atoms with Crippen molar-refractivity contribution < 1.29 is 4.79 Å². The van der Waals surface area contributed by atoms with Gasteiger partial charge >= 0.3 is 169 Å². The number of rotatable bonds is 6. The van der Waals surface area contributed by atoms with Gasteiger partial charge in [0.2, 0.25) is 0 Å². The summed E-state index contributed by atoms with van der Waals surface area (Å²) >= 11 is 2.64. The molecule has 0 aliphatic rings. The maximum atomic E-state index is 12.1. The van der Waals surface area contributed by atoms with E-state index in [0.29, 0.717) is 6.42 Å². The van der Waals surface area contributed by atoms with Gasteiger partial charge in [0.1, 0.15) is 0 Å². The van der Waals surface area contributed by atoms with Gasteiger partial charge in [-0.2, -0.15) is 0 Å². The molecular formula is C23H22IOP. The first-order chi connectivity index (χ1) is 12.5. The fraction of sp³-hybridized carbons (Fsp3) is 0.0870. The second kappa shape index (κ2) is 7.46. The van der Waals surface area contributed by atoms with Crippen molar-refractivity contribution in [3.63, 3.8) is 0 Å². The number of halogens is 1. The van der Waals surface area contributed by atoms with E-state index in [0.717, 1.165) is 5.31 Å². The molecule has 0 aliphatic carbocycles. The van der Waals surface area contributed by atoms with Crippen molar-refractivity contribution in [3.8, 4) is 0 Å². The Labute approximate surface area is 168 Å². The van der Waals surface area contributed by atoms with E-state index in [1.54, 1.807) is 6.92 Å². The fourth-order valence-electron chi connectivity index (χ4n) is 3.55. The van der Waals surface area contributed by atoms with Gasteiger partial charge in [0, 0.05) is 0 Å². The van der Waals surface area contributed by atoms with Gasteiger partial charge in [-0.25, -0.2) is 0 Å². The Morgan fingerprint density at radius 2 is 1.08 bits per heavy atom. The Kier molecular flexibility index (Phi) is 5.45. The molecule has 0 unspecified atom stereocenters. The van der Waals surface area contributed by atoms with Crippen LogP contribution in [0, 0.1) is 0 Å². The van der Waals surface area contributed by atoms with Crippen molar-refractivity contribution in [2.75, 3.05) is 0 Å². The molecule has 3 aromatic carbocycles. The first-order valence-corrected chi connectivity index (χ1v) is 13.6. The van der Waals surface area contributed by atoms with Crippen LogP contribution in [0.5, 0.6) is 0 Å². The molecule has 0 atom stereocenters. The normalized spacial score (nSPS) is 12.8. The van der Waals surface area contributed by atoms with Crippen LogP contribution >= 0.6 is 26.3 Å². The van der Waals surface area contributed by atoms with Crippen LogP contribution in [-0.2, 0) is 4.79 Å². The molecule has 26 heavy (non-hydrogen) atoms. The summed E-state index contributed by atoms with van der Waals surface area (Å²) < 4.78 is -3.05. The molecule has 3 heteroatoms. The average molecular weight is 472 g/mol. The van der Waals surface area contributed by atoms with Gasteiger partial charge < -0.3 is 0 Å². The zero-order valence-corrected chi connectivity index (χ0v) is 17.9. The Morgan fingerprint density at radius 3 is 1.35 bits per heavy atom. The number of hydrogen-bond acceptors (Lipinski definition) is 1.